The Hall–Kier alpha value is -0.120. The molecule has 3 unspecified atom stereocenters. The highest BCUT2D eigenvalue weighted by Crippen LogP contribution is 2.28. The number of quaternary nitrogens is 1. The smallest absolute Gasteiger partial charge is 0.189 e. The zero-order valence-electron chi connectivity index (χ0n) is 12.6. The highest BCUT2D eigenvalue weighted by atomic mass is 35.5. The number of rotatable bonds is 3. The van der Waals surface area contributed by atoms with E-state index in [0.717, 1.165) is 32.2 Å². The lowest BCUT2D eigenvalue weighted by Crippen LogP contribution is -3.18. The summed E-state index contributed by atoms with van der Waals surface area (Å²) in [4.78, 5) is 16.8. The lowest BCUT2D eigenvalue weighted by atomic mass is 9.85. The Balaban J connectivity index is 1.57. The molecule has 114 valence electrons. The lowest BCUT2D eigenvalue weighted by molar-refractivity contribution is -0.932. The number of ketones is 1. The van der Waals surface area contributed by atoms with Gasteiger partial charge in [-0.3, -0.25) is 4.79 Å². The first-order valence-corrected chi connectivity index (χ1v) is 8.85. The first-order chi connectivity index (χ1) is 9.65. The zero-order chi connectivity index (χ0) is 14.1. The van der Waals surface area contributed by atoms with Crippen molar-refractivity contribution in [1.29, 1.82) is 0 Å². The van der Waals surface area contributed by atoms with Crippen molar-refractivity contribution in [3.05, 3.63) is 0 Å². The van der Waals surface area contributed by atoms with Crippen molar-refractivity contribution < 1.29 is 9.69 Å². The molecule has 2 heterocycles. The number of halogens is 1. The lowest BCUT2D eigenvalue weighted by Gasteiger charge is -2.32. The molecule has 0 aromatic heterocycles. The number of hydrogen-bond donors (Lipinski definition) is 1. The van der Waals surface area contributed by atoms with Gasteiger partial charge in [0.15, 0.2) is 5.78 Å². The van der Waals surface area contributed by atoms with Crippen molar-refractivity contribution in [1.82, 2.24) is 4.90 Å². The van der Waals surface area contributed by atoms with E-state index in [-0.39, 0.29) is 0 Å². The monoisotopic (exact) mass is 299 g/mol. The minimum absolute atomic E-state index is 0.294. The van der Waals surface area contributed by atoms with E-state index in [0.29, 0.717) is 29.3 Å². The number of carbonyl (C=O) groups excluding carboxylic acids is 1. The highest BCUT2D eigenvalue weighted by molar-refractivity contribution is 6.20. The van der Waals surface area contributed by atoms with Crippen molar-refractivity contribution in [2.24, 2.45) is 5.92 Å². The molecule has 1 aliphatic carbocycles. The van der Waals surface area contributed by atoms with Gasteiger partial charge in [-0.1, -0.05) is 0 Å². The molecule has 0 amide bonds. The second kappa shape index (κ2) is 6.33. The number of nitrogens with one attached hydrogen (secondary N) is 1. The number of piperidine rings is 1. The van der Waals surface area contributed by atoms with Crippen LogP contribution in [-0.4, -0.2) is 47.9 Å². The molecular weight excluding hydrogens is 272 g/mol. The molecule has 3 fully saturated rings. The molecule has 0 bridgehead atoms. The van der Waals surface area contributed by atoms with Crippen LogP contribution in [0.25, 0.3) is 0 Å². The summed E-state index contributed by atoms with van der Waals surface area (Å²) < 4.78 is 0. The molecule has 2 aliphatic heterocycles. The topological polar surface area (TPSA) is 24.8 Å². The van der Waals surface area contributed by atoms with Crippen molar-refractivity contribution in [2.45, 2.75) is 69.5 Å². The van der Waals surface area contributed by atoms with Gasteiger partial charge in [-0.25, -0.2) is 4.90 Å². The Kier molecular flexibility index (Phi) is 4.68. The summed E-state index contributed by atoms with van der Waals surface area (Å²) in [6.45, 7) is 5.49. The molecule has 0 spiro atoms. The predicted molar refractivity (Wildman–Crippen MR) is 81.1 cm³/mol. The van der Waals surface area contributed by atoms with Crippen molar-refractivity contribution in [2.75, 3.05) is 19.6 Å². The number of nitrogens with zero attached hydrogens (tertiary/aromatic N) is 1. The molecule has 0 radical (unpaired) electrons. The molecule has 2 saturated heterocycles. The van der Waals surface area contributed by atoms with Crippen LogP contribution in [0.15, 0.2) is 0 Å². The van der Waals surface area contributed by atoms with Gasteiger partial charge in [0.05, 0.1) is 12.6 Å². The Morgan fingerprint density at radius 2 is 1.95 bits per heavy atom. The normalized spacial score (nSPS) is 42.4. The summed E-state index contributed by atoms with van der Waals surface area (Å²) >= 11 is 6.15. The van der Waals surface area contributed by atoms with Crippen LogP contribution in [0.2, 0.25) is 0 Å². The summed E-state index contributed by atoms with van der Waals surface area (Å²) in [6, 6.07) is 0.617. The minimum Gasteiger partial charge on any atom is -0.310 e. The fourth-order valence-electron chi connectivity index (χ4n) is 4.44. The maximum absolute atomic E-state index is 12.6. The quantitative estimate of drug-likeness (QED) is 0.798. The first kappa shape index (κ1) is 14.8. The Morgan fingerprint density at radius 1 is 1.20 bits per heavy atom. The van der Waals surface area contributed by atoms with Gasteiger partial charge in [0.25, 0.3) is 0 Å². The van der Waals surface area contributed by atoms with Crippen LogP contribution in [-0.2, 0) is 4.79 Å². The molecule has 20 heavy (non-hydrogen) atoms. The first-order valence-electron chi connectivity index (χ1n) is 8.41. The van der Waals surface area contributed by atoms with E-state index in [1.54, 1.807) is 4.90 Å². The van der Waals surface area contributed by atoms with E-state index >= 15 is 0 Å². The van der Waals surface area contributed by atoms with E-state index in [4.69, 9.17) is 11.6 Å². The van der Waals surface area contributed by atoms with Crippen LogP contribution < -0.4 is 4.90 Å². The average Bonchev–Trinajstić information content (AvgIpc) is 2.76. The van der Waals surface area contributed by atoms with Crippen molar-refractivity contribution in [3.8, 4) is 0 Å². The molecule has 0 aromatic carbocycles. The molecule has 0 aromatic rings. The van der Waals surface area contributed by atoms with E-state index in [9.17, 15) is 4.79 Å². The van der Waals surface area contributed by atoms with E-state index in [1.165, 1.54) is 32.4 Å². The van der Waals surface area contributed by atoms with Crippen LogP contribution in [0.5, 0.6) is 0 Å². The molecule has 3 nitrogen and oxygen atoms in total. The van der Waals surface area contributed by atoms with Crippen LogP contribution in [0.1, 0.15) is 51.9 Å². The molecular formula is C16H28ClN2O+. The van der Waals surface area contributed by atoms with Gasteiger partial charge in [0.2, 0.25) is 0 Å². The second-order valence-corrected chi connectivity index (χ2v) is 7.69. The largest absolute Gasteiger partial charge is 0.310 e. The molecule has 3 atom stereocenters. The van der Waals surface area contributed by atoms with Gasteiger partial charge >= 0.3 is 0 Å². The minimum atomic E-state index is 0.294. The van der Waals surface area contributed by atoms with Gasteiger partial charge in [-0.2, -0.15) is 0 Å². The Labute approximate surface area is 127 Å². The average molecular weight is 300 g/mol. The standard InChI is InChI=1S/C16H27ClN2O/c1-12-10-18-9-3-2-4-16(18)19(12)11-15(20)13-5-7-14(17)8-6-13/h12-14,16H,2-11H2,1H3/p+1. The molecule has 4 heteroatoms. The SMILES string of the molecule is CC1CN2CCCCC2[NH+]1CC(=O)C1CCC(Cl)CC1. The maximum atomic E-state index is 12.6. The fourth-order valence-corrected chi connectivity index (χ4v) is 4.69. The molecule has 3 aliphatic rings. The Bertz CT molecular complexity index is 354. The number of alkyl halides is 1. The molecule has 3 rings (SSSR count). The Morgan fingerprint density at radius 3 is 2.70 bits per heavy atom. The summed E-state index contributed by atoms with van der Waals surface area (Å²) in [7, 11) is 0. The molecule has 1 saturated carbocycles. The third kappa shape index (κ3) is 3.05. The van der Waals surface area contributed by atoms with Gasteiger partial charge in [0, 0.05) is 24.3 Å². The third-order valence-electron chi connectivity index (χ3n) is 5.67. The van der Waals surface area contributed by atoms with Gasteiger partial charge in [-0.05, 0) is 45.4 Å². The predicted octanol–water partition coefficient (Wildman–Crippen LogP) is 1.45. The summed E-state index contributed by atoms with van der Waals surface area (Å²) in [5.41, 5.74) is 0. The fraction of sp³-hybridized carbons (Fsp3) is 0.938. The summed E-state index contributed by atoms with van der Waals surface area (Å²) in [6.07, 6.45) is 8.66. The molecule has 1 N–H and O–H groups in total. The van der Waals surface area contributed by atoms with Crippen LogP contribution in [0, 0.1) is 5.92 Å². The van der Waals surface area contributed by atoms with Gasteiger partial charge < -0.3 is 4.90 Å². The second-order valence-electron chi connectivity index (χ2n) is 7.07. The summed E-state index contributed by atoms with van der Waals surface area (Å²) in [5.74, 6) is 0.796. The summed E-state index contributed by atoms with van der Waals surface area (Å²) in [5, 5.41) is 0.311. The zero-order valence-corrected chi connectivity index (χ0v) is 13.4. The number of carbonyl (C=O) groups is 1. The number of hydrogen-bond acceptors (Lipinski definition) is 2. The van der Waals surface area contributed by atoms with Crippen LogP contribution >= 0.6 is 11.6 Å². The number of Topliss-reactive ketones (excluding diaryl/α,β-unsaturated/α-hetero) is 1. The third-order valence-corrected chi connectivity index (χ3v) is 6.11. The van der Waals surface area contributed by atoms with E-state index < -0.39 is 0 Å². The van der Waals surface area contributed by atoms with Crippen molar-refractivity contribution in [3.63, 3.8) is 0 Å². The van der Waals surface area contributed by atoms with E-state index in [2.05, 4.69) is 11.8 Å². The highest BCUT2D eigenvalue weighted by Gasteiger charge is 2.43. The van der Waals surface area contributed by atoms with Crippen molar-refractivity contribution >= 4 is 17.4 Å². The van der Waals surface area contributed by atoms with Gasteiger partial charge in [0.1, 0.15) is 12.7 Å². The maximum Gasteiger partial charge on any atom is 0.189 e. The van der Waals surface area contributed by atoms with E-state index in [1.807, 2.05) is 0 Å². The van der Waals surface area contributed by atoms with Gasteiger partial charge in [-0.15, -0.1) is 11.6 Å². The number of fused-ring (bicyclic) bond motifs is 1. The van der Waals surface area contributed by atoms with Crippen LogP contribution in [0.3, 0.4) is 0 Å². The van der Waals surface area contributed by atoms with Crippen LogP contribution in [0.4, 0.5) is 0 Å².